The molecule has 0 bridgehead atoms. The minimum atomic E-state index is -3.98. The first kappa shape index (κ1) is 24.4. The monoisotopic (exact) mass is 474 g/mol. The Bertz CT molecular complexity index is 903. The van der Waals surface area contributed by atoms with E-state index in [0.717, 1.165) is 42.8 Å². The molecular weight excluding hydrogens is 447 g/mol. The van der Waals surface area contributed by atoms with Crippen LogP contribution in [0.15, 0.2) is 64.4 Å². The molecule has 160 valence electrons. The van der Waals surface area contributed by atoms with E-state index in [2.05, 4.69) is 6.92 Å². The van der Waals surface area contributed by atoms with Crippen LogP contribution >= 0.6 is 28.5 Å². The first-order valence-corrected chi connectivity index (χ1v) is 15.6. The lowest BCUT2D eigenvalue weighted by Gasteiger charge is -2.18. The third-order valence-corrected chi connectivity index (χ3v) is 12.2. The zero-order valence-corrected chi connectivity index (χ0v) is 20.0. The molecule has 0 N–H and O–H groups in total. The van der Waals surface area contributed by atoms with E-state index in [1.54, 1.807) is 49.4 Å². The summed E-state index contributed by atoms with van der Waals surface area (Å²) in [4.78, 5) is 0.544. The largest absolute Gasteiger partial charge is 0.378 e. The minimum absolute atomic E-state index is 0.0677. The molecule has 0 fully saturated rings. The highest BCUT2D eigenvalue weighted by molar-refractivity contribution is 8.89. The lowest BCUT2D eigenvalue weighted by Crippen LogP contribution is -2.10. The normalized spacial score (nSPS) is 13.7. The molecule has 0 saturated heterocycles. The fraction of sp³-hybridized carbons (Fsp3) is 0.400. The number of hydrogen-bond donors (Lipinski definition) is 0. The van der Waals surface area contributed by atoms with Crippen molar-refractivity contribution in [3.8, 4) is 5.75 Å². The van der Waals surface area contributed by atoms with E-state index in [9.17, 15) is 13.0 Å². The van der Waals surface area contributed by atoms with Crippen molar-refractivity contribution < 1.29 is 21.7 Å². The molecule has 0 spiro atoms. The van der Waals surface area contributed by atoms with Crippen LogP contribution < -0.4 is 4.18 Å². The molecule has 0 saturated carbocycles. The molecule has 0 aromatic heterocycles. The molecule has 0 aliphatic heterocycles. The Morgan fingerprint density at radius 3 is 2.31 bits per heavy atom. The first-order valence-electron chi connectivity index (χ1n) is 9.57. The Morgan fingerprint density at radius 1 is 0.931 bits per heavy atom. The van der Waals surface area contributed by atoms with Crippen LogP contribution in [-0.4, -0.2) is 20.8 Å². The Labute approximate surface area is 182 Å². The molecule has 29 heavy (non-hydrogen) atoms. The van der Waals surface area contributed by atoms with Crippen molar-refractivity contribution in [3.05, 3.63) is 54.6 Å². The van der Waals surface area contributed by atoms with E-state index < -0.39 is 15.9 Å². The van der Waals surface area contributed by atoms with Gasteiger partial charge >= 0.3 is 15.9 Å². The highest BCUT2D eigenvalue weighted by Crippen LogP contribution is 2.73. The third-order valence-electron chi connectivity index (χ3n) is 3.83. The standard InChI is InChI=1S/C20H27O5PS3/c1-3-5-6-12-17-27-26(21,24-4-2)28-20-16-11-10-15-19(20)25-29(22,23)18-13-8-7-9-14-18/h7-11,13-16H,3-6,12,17H2,1-2H3. The average Bonchev–Trinajstić information content (AvgIpc) is 2.70. The number of para-hydroxylation sites is 1. The maximum atomic E-state index is 13.3. The smallest absolute Gasteiger partial charge is 0.339 e. The summed E-state index contributed by atoms with van der Waals surface area (Å²) in [5.74, 6) is -2.22. The van der Waals surface area contributed by atoms with Crippen LogP contribution in [0.4, 0.5) is 0 Å². The average molecular weight is 475 g/mol. The van der Waals surface area contributed by atoms with Gasteiger partial charge in [0, 0.05) is 5.75 Å². The zero-order valence-electron chi connectivity index (χ0n) is 16.7. The fourth-order valence-corrected chi connectivity index (χ4v) is 10.3. The Kier molecular flexibility index (Phi) is 10.1. The molecule has 5 nitrogen and oxygen atoms in total. The van der Waals surface area contributed by atoms with Crippen LogP contribution in [0.25, 0.3) is 0 Å². The molecule has 0 aliphatic rings. The second-order valence-corrected chi connectivity index (χ2v) is 15.0. The molecule has 9 heteroatoms. The molecule has 2 rings (SSSR count). The lowest BCUT2D eigenvalue weighted by molar-refractivity contribution is 0.357. The predicted octanol–water partition coefficient (Wildman–Crippen LogP) is 7.00. The highest BCUT2D eigenvalue weighted by Gasteiger charge is 2.28. The van der Waals surface area contributed by atoms with Crippen LogP contribution in [0.2, 0.25) is 0 Å². The van der Waals surface area contributed by atoms with Gasteiger partial charge in [0.25, 0.3) is 0 Å². The number of rotatable bonds is 13. The highest BCUT2D eigenvalue weighted by atomic mass is 33.1. The number of hydrogen-bond acceptors (Lipinski definition) is 7. The Morgan fingerprint density at radius 2 is 1.62 bits per heavy atom. The summed E-state index contributed by atoms with van der Waals surface area (Å²) in [6.45, 7) is 4.26. The Balaban J connectivity index is 2.16. The second kappa shape index (κ2) is 12.1. The molecular formula is C20H27O5PS3. The fourth-order valence-electron chi connectivity index (χ4n) is 2.42. The van der Waals surface area contributed by atoms with E-state index in [-0.39, 0.29) is 10.6 Å². The first-order chi connectivity index (χ1) is 13.9. The van der Waals surface area contributed by atoms with Crippen LogP contribution in [-0.2, 0) is 19.2 Å². The summed E-state index contributed by atoms with van der Waals surface area (Å²) in [5, 5.41) is 0. The van der Waals surface area contributed by atoms with Gasteiger partial charge in [0.2, 0.25) is 0 Å². The van der Waals surface area contributed by atoms with E-state index in [1.165, 1.54) is 23.5 Å². The number of benzene rings is 2. The molecule has 2 aromatic carbocycles. The summed E-state index contributed by atoms with van der Waals surface area (Å²) in [6.07, 6.45) is 4.36. The van der Waals surface area contributed by atoms with E-state index in [4.69, 9.17) is 8.71 Å². The van der Waals surface area contributed by atoms with Crippen LogP contribution in [0, 0.1) is 0 Å². The molecule has 1 atom stereocenters. The number of unbranched alkanes of at least 4 members (excludes halogenated alkanes) is 3. The summed E-state index contributed by atoms with van der Waals surface area (Å²) < 4.78 is 49.4. The molecule has 0 radical (unpaired) electrons. The molecule has 2 aromatic rings. The zero-order chi connectivity index (χ0) is 21.2. The van der Waals surface area contributed by atoms with Gasteiger partial charge in [0.05, 0.1) is 11.5 Å². The topological polar surface area (TPSA) is 69.7 Å². The second-order valence-electron chi connectivity index (χ2n) is 6.15. The van der Waals surface area contributed by atoms with Crippen molar-refractivity contribution >= 4 is 38.7 Å². The maximum absolute atomic E-state index is 13.3. The van der Waals surface area contributed by atoms with E-state index in [1.807, 2.05) is 0 Å². The van der Waals surface area contributed by atoms with Crippen molar-refractivity contribution in [3.63, 3.8) is 0 Å². The SMILES string of the molecule is CCCCCCSP(=O)(OCC)Sc1ccccc1OS(=O)(=O)c1ccccc1. The van der Waals surface area contributed by atoms with Gasteiger partial charge in [-0.15, -0.1) is 0 Å². The summed E-state index contributed by atoms with van der Waals surface area (Å²) in [5.41, 5.74) is 0. The van der Waals surface area contributed by atoms with Crippen LogP contribution in [0.3, 0.4) is 0 Å². The van der Waals surface area contributed by atoms with Gasteiger partial charge < -0.3 is 8.71 Å². The maximum Gasteiger partial charge on any atom is 0.339 e. The minimum Gasteiger partial charge on any atom is -0.378 e. The van der Waals surface area contributed by atoms with E-state index >= 15 is 0 Å². The van der Waals surface area contributed by atoms with Crippen molar-refractivity contribution in [2.75, 3.05) is 12.4 Å². The van der Waals surface area contributed by atoms with Crippen molar-refractivity contribution in [1.29, 1.82) is 0 Å². The van der Waals surface area contributed by atoms with Crippen LogP contribution in [0.5, 0.6) is 5.75 Å². The summed E-state index contributed by atoms with van der Waals surface area (Å²) in [7, 11) is -3.98. The van der Waals surface area contributed by atoms with Crippen molar-refractivity contribution in [2.45, 2.75) is 49.3 Å². The molecule has 0 aliphatic carbocycles. The van der Waals surface area contributed by atoms with Gasteiger partial charge in [-0.3, -0.25) is 4.57 Å². The summed E-state index contributed by atoms with van der Waals surface area (Å²) in [6, 6.07) is 14.7. The van der Waals surface area contributed by atoms with Gasteiger partial charge in [-0.2, -0.15) is 8.42 Å². The van der Waals surface area contributed by atoms with E-state index in [0.29, 0.717) is 11.5 Å². The predicted molar refractivity (Wildman–Crippen MR) is 122 cm³/mol. The van der Waals surface area contributed by atoms with Crippen LogP contribution in [0.1, 0.15) is 39.5 Å². The van der Waals surface area contributed by atoms with Gasteiger partial charge in [-0.05, 0) is 49.0 Å². The van der Waals surface area contributed by atoms with Gasteiger partial charge in [0.1, 0.15) is 4.90 Å². The molecule has 0 amide bonds. The molecule has 1 unspecified atom stereocenters. The quantitative estimate of drug-likeness (QED) is 0.176. The lowest BCUT2D eigenvalue weighted by atomic mass is 10.2. The Hall–Kier alpha value is -0.920. The van der Waals surface area contributed by atoms with Crippen molar-refractivity contribution in [1.82, 2.24) is 0 Å². The molecule has 0 heterocycles. The van der Waals surface area contributed by atoms with Gasteiger partial charge in [0.15, 0.2) is 5.75 Å². The summed E-state index contributed by atoms with van der Waals surface area (Å²) >= 11 is 2.36. The van der Waals surface area contributed by atoms with Gasteiger partial charge in [-0.1, -0.05) is 67.9 Å². The van der Waals surface area contributed by atoms with Crippen molar-refractivity contribution in [2.24, 2.45) is 0 Å². The third kappa shape index (κ3) is 8.02. The van der Waals surface area contributed by atoms with Gasteiger partial charge in [-0.25, -0.2) is 0 Å².